The van der Waals surface area contributed by atoms with E-state index in [4.69, 9.17) is 0 Å². The second-order valence-corrected chi connectivity index (χ2v) is 9.61. The first-order valence-electron chi connectivity index (χ1n) is 9.10. The van der Waals surface area contributed by atoms with Crippen LogP contribution in [0.2, 0.25) is 0 Å². The number of nitrogens with one attached hydrogen (secondary N) is 1. The van der Waals surface area contributed by atoms with E-state index in [1.807, 2.05) is 30.3 Å². The number of halogens is 2. The van der Waals surface area contributed by atoms with Crippen LogP contribution in [-0.2, 0) is 27.8 Å². The predicted octanol–water partition coefficient (Wildman–Crippen LogP) is 4.59. The van der Waals surface area contributed by atoms with Gasteiger partial charge in [-0.1, -0.05) is 42.5 Å². The van der Waals surface area contributed by atoms with Gasteiger partial charge in [-0.2, -0.15) is 4.31 Å². The predicted molar refractivity (Wildman–Crippen MR) is 118 cm³/mol. The highest BCUT2D eigenvalue weighted by Gasteiger charge is 2.21. The lowest BCUT2D eigenvalue weighted by Gasteiger charge is -2.17. The zero-order valence-corrected chi connectivity index (χ0v) is 18.6. The number of hydrogen-bond donors (Lipinski definition) is 1. The largest absolute Gasteiger partial charge is 0.326 e. The summed E-state index contributed by atoms with van der Waals surface area (Å²) in [6.45, 7) is 0.250. The van der Waals surface area contributed by atoms with Gasteiger partial charge in [0.15, 0.2) is 0 Å². The average Bonchev–Trinajstić information content (AvgIpc) is 2.72. The number of rotatable bonds is 7. The molecule has 0 heterocycles. The maximum absolute atomic E-state index is 14.0. The highest BCUT2D eigenvalue weighted by atomic mass is 79.9. The monoisotopic (exact) mass is 490 g/mol. The third kappa shape index (κ3) is 5.33. The fourth-order valence-electron chi connectivity index (χ4n) is 2.88. The van der Waals surface area contributed by atoms with Gasteiger partial charge < -0.3 is 5.32 Å². The number of carbonyl (C=O) groups excluding carboxylic acids is 1. The number of nitrogens with zero attached hydrogens (tertiary/aromatic N) is 1. The Bertz CT molecular complexity index is 1140. The summed E-state index contributed by atoms with van der Waals surface area (Å²) in [5.41, 5.74) is 1.58. The zero-order chi connectivity index (χ0) is 21.7. The summed E-state index contributed by atoms with van der Waals surface area (Å²) >= 11 is 3.09. The molecule has 0 radical (unpaired) electrons. The molecule has 156 valence electrons. The van der Waals surface area contributed by atoms with Crippen LogP contribution in [0.5, 0.6) is 0 Å². The van der Waals surface area contributed by atoms with Crippen molar-refractivity contribution >= 4 is 37.5 Å². The van der Waals surface area contributed by atoms with Gasteiger partial charge in [0.25, 0.3) is 0 Å². The Labute approximate surface area is 183 Å². The molecule has 3 aromatic rings. The van der Waals surface area contributed by atoms with Crippen LogP contribution in [0.4, 0.5) is 10.1 Å². The Morgan fingerprint density at radius 3 is 2.33 bits per heavy atom. The molecule has 0 fully saturated rings. The zero-order valence-electron chi connectivity index (χ0n) is 16.2. The molecular formula is C22H20BrFN2O3S. The fraction of sp³-hybridized carbons (Fsp3) is 0.136. The third-order valence-electron chi connectivity index (χ3n) is 4.48. The van der Waals surface area contributed by atoms with Crippen molar-refractivity contribution in [3.8, 4) is 0 Å². The Balaban J connectivity index is 1.66. The molecule has 0 aromatic heterocycles. The average molecular weight is 491 g/mol. The maximum Gasteiger partial charge on any atom is 0.243 e. The Kier molecular flexibility index (Phi) is 7.02. The maximum atomic E-state index is 14.0. The van der Waals surface area contributed by atoms with Gasteiger partial charge in [0.2, 0.25) is 15.9 Å². The SMILES string of the molecule is CN(Cc1ccccc1)S(=O)(=O)c1ccc(NC(=O)Cc2cccc(Br)c2F)cc1. The van der Waals surface area contributed by atoms with Crippen LogP contribution in [0.15, 0.2) is 82.2 Å². The minimum Gasteiger partial charge on any atom is -0.326 e. The summed E-state index contributed by atoms with van der Waals surface area (Å²) in [5, 5.41) is 2.66. The van der Waals surface area contributed by atoms with Gasteiger partial charge in [-0.05, 0) is 57.4 Å². The van der Waals surface area contributed by atoms with Crippen molar-refractivity contribution in [1.29, 1.82) is 0 Å². The van der Waals surface area contributed by atoms with Gasteiger partial charge in [-0.3, -0.25) is 4.79 Å². The standard InChI is InChI=1S/C22H20BrFN2O3S/c1-26(15-16-6-3-2-4-7-16)30(28,29)19-12-10-18(11-13-19)25-21(27)14-17-8-5-9-20(23)22(17)24/h2-13H,14-15H2,1H3,(H,25,27). The van der Waals surface area contributed by atoms with E-state index >= 15 is 0 Å². The topological polar surface area (TPSA) is 66.5 Å². The molecule has 0 unspecified atom stereocenters. The molecular weight excluding hydrogens is 471 g/mol. The lowest BCUT2D eigenvalue weighted by Crippen LogP contribution is -2.26. The van der Waals surface area contributed by atoms with Crippen LogP contribution in [0, 0.1) is 5.82 Å². The molecule has 5 nitrogen and oxygen atoms in total. The van der Waals surface area contributed by atoms with Crippen molar-refractivity contribution in [2.24, 2.45) is 0 Å². The molecule has 8 heteroatoms. The van der Waals surface area contributed by atoms with Crippen molar-refractivity contribution < 1.29 is 17.6 Å². The number of sulfonamides is 1. The van der Waals surface area contributed by atoms with Crippen LogP contribution in [0.3, 0.4) is 0 Å². The summed E-state index contributed by atoms with van der Waals surface area (Å²) in [6.07, 6.45) is -0.134. The van der Waals surface area contributed by atoms with E-state index in [0.29, 0.717) is 10.2 Å². The molecule has 1 amide bonds. The van der Waals surface area contributed by atoms with Crippen LogP contribution < -0.4 is 5.32 Å². The normalized spacial score (nSPS) is 11.5. The number of benzene rings is 3. The van der Waals surface area contributed by atoms with Crippen molar-refractivity contribution in [1.82, 2.24) is 4.31 Å². The molecule has 1 N–H and O–H groups in total. The van der Waals surface area contributed by atoms with Gasteiger partial charge >= 0.3 is 0 Å². The molecule has 0 bridgehead atoms. The Hall–Kier alpha value is -2.55. The van der Waals surface area contributed by atoms with Crippen molar-refractivity contribution in [3.05, 3.63) is 94.2 Å². The number of hydrogen-bond acceptors (Lipinski definition) is 3. The Morgan fingerprint density at radius 1 is 1.00 bits per heavy atom. The summed E-state index contributed by atoms with van der Waals surface area (Å²) in [4.78, 5) is 12.3. The first kappa shape index (κ1) is 22.1. The van der Waals surface area contributed by atoms with E-state index in [9.17, 15) is 17.6 Å². The van der Waals surface area contributed by atoms with E-state index in [2.05, 4.69) is 21.2 Å². The molecule has 30 heavy (non-hydrogen) atoms. The van der Waals surface area contributed by atoms with Gasteiger partial charge in [-0.15, -0.1) is 0 Å². The number of anilines is 1. The Morgan fingerprint density at radius 2 is 1.67 bits per heavy atom. The van der Waals surface area contributed by atoms with Crippen molar-refractivity contribution in [2.45, 2.75) is 17.9 Å². The summed E-state index contributed by atoms with van der Waals surface area (Å²) in [5.74, 6) is -0.876. The molecule has 3 rings (SSSR count). The van der Waals surface area contributed by atoms with Crippen LogP contribution in [0.1, 0.15) is 11.1 Å². The van der Waals surface area contributed by atoms with Gasteiger partial charge in [0, 0.05) is 19.3 Å². The van der Waals surface area contributed by atoms with Crippen LogP contribution >= 0.6 is 15.9 Å². The third-order valence-corrected chi connectivity index (χ3v) is 6.91. The lowest BCUT2D eigenvalue weighted by atomic mass is 10.1. The smallest absolute Gasteiger partial charge is 0.243 e. The minimum absolute atomic E-state index is 0.122. The molecule has 0 aliphatic rings. The van der Waals surface area contributed by atoms with E-state index in [1.54, 1.807) is 12.1 Å². The fourth-order valence-corrected chi connectivity index (χ4v) is 4.45. The molecule has 0 saturated carbocycles. The van der Waals surface area contributed by atoms with E-state index < -0.39 is 21.7 Å². The van der Waals surface area contributed by atoms with Gasteiger partial charge in [0.1, 0.15) is 5.82 Å². The lowest BCUT2D eigenvalue weighted by molar-refractivity contribution is -0.115. The van der Waals surface area contributed by atoms with Crippen molar-refractivity contribution in [3.63, 3.8) is 0 Å². The van der Waals surface area contributed by atoms with Crippen LogP contribution in [-0.4, -0.2) is 25.7 Å². The second-order valence-electron chi connectivity index (χ2n) is 6.71. The minimum atomic E-state index is -3.68. The summed E-state index contributed by atoms with van der Waals surface area (Å²) in [7, 11) is -2.16. The summed E-state index contributed by atoms with van der Waals surface area (Å²) < 4.78 is 41.1. The molecule has 0 atom stereocenters. The number of carbonyl (C=O) groups is 1. The second kappa shape index (κ2) is 9.51. The van der Waals surface area contributed by atoms with Crippen molar-refractivity contribution in [2.75, 3.05) is 12.4 Å². The van der Waals surface area contributed by atoms with Gasteiger partial charge in [0.05, 0.1) is 15.8 Å². The van der Waals surface area contributed by atoms with E-state index in [0.717, 1.165) is 5.56 Å². The number of amides is 1. The quantitative estimate of drug-likeness (QED) is 0.526. The first-order chi connectivity index (χ1) is 14.3. The van der Waals surface area contributed by atoms with E-state index in [-0.39, 0.29) is 23.4 Å². The first-order valence-corrected chi connectivity index (χ1v) is 11.3. The molecule has 0 aliphatic heterocycles. The van der Waals surface area contributed by atoms with Gasteiger partial charge in [-0.25, -0.2) is 12.8 Å². The molecule has 0 aliphatic carbocycles. The molecule has 0 saturated heterocycles. The highest BCUT2D eigenvalue weighted by Crippen LogP contribution is 2.21. The van der Waals surface area contributed by atoms with E-state index in [1.165, 1.54) is 41.7 Å². The molecule has 3 aromatic carbocycles. The summed E-state index contributed by atoms with van der Waals surface area (Å²) in [6, 6.07) is 20.0. The highest BCUT2D eigenvalue weighted by molar-refractivity contribution is 9.10. The molecule has 0 spiro atoms. The van der Waals surface area contributed by atoms with Crippen LogP contribution in [0.25, 0.3) is 0 Å².